The second-order valence-corrected chi connectivity index (χ2v) is 4.83. The van der Waals surface area contributed by atoms with Crippen molar-refractivity contribution in [1.29, 1.82) is 0 Å². The van der Waals surface area contributed by atoms with E-state index in [0.29, 0.717) is 10.7 Å². The SMILES string of the molecule is CC(=O)c1cc(Br)c2nc(N)sc2c1. The zero-order valence-corrected chi connectivity index (χ0v) is 9.78. The van der Waals surface area contributed by atoms with E-state index in [1.165, 1.54) is 18.3 Å². The number of aromatic nitrogens is 1. The molecule has 0 bridgehead atoms. The Morgan fingerprint density at radius 1 is 1.57 bits per heavy atom. The normalized spacial score (nSPS) is 10.7. The fraction of sp³-hybridized carbons (Fsp3) is 0.111. The minimum absolute atomic E-state index is 0.0413. The maximum absolute atomic E-state index is 11.2. The highest BCUT2D eigenvalue weighted by atomic mass is 79.9. The lowest BCUT2D eigenvalue weighted by atomic mass is 10.1. The summed E-state index contributed by atoms with van der Waals surface area (Å²) in [5, 5.41) is 0.515. The topological polar surface area (TPSA) is 56.0 Å². The number of fused-ring (bicyclic) bond motifs is 1. The van der Waals surface area contributed by atoms with Crippen LogP contribution in [0.4, 0.5) is 5.13 Å². The minimum atomic E-state index is 0.0413. The van der Waals surface area contributed by atoms with Gasteiger partial charge in [0.05, 0.1) is 10.2 Å². The lowest BCUT2D eigenvalue weighted by Gasteiger charge is -1.97. The third-order valence-electron chi connectivity index (χ3n) is 1.87. The standard InChI is InChI=1S/C9H7BrN2OS/c1-4(13)5-2-6(10)8-7(3-5)14-9(11)12-8/h2-3H,1H3,(H2,11,12). The zero-order valence-electron chi connectivity index (χ0n) is 7.37. The lowest BCUT2D eigenvalue weighted by molar-refractivity contribution is 0.101. The van der Waals surface area contributed by atoms with Crippen molar-refractivity contribution in [2.75, 3.05) is 5.73 Å². The molecule has 2 N–H and O–H groups in total. The number of hydrogen-bond acceptors (Lipinski definition) is 4. The molecule has 2 aromatic rings. The first-order valence-electron chi connectivity index (χ1n) is 3.94. The van der Waals surface area contributed by atoms with Crippen molar-refractivity contribution in [2.45, 2.75) is 6.92 Å². The van der Waals surface area contributed by atoms with Gasteiger partial charge in [-0.25, -0.2) is 4.98 Å². The van der Waals surface area contributed by atoms with Crippen LogP contribution in [0.3, 0.4) is 0 Å². The van der Waals surface area contributed by atoms with Crippen LogP contribution in [0.25, 0.3) is 10.2 Å². The Bertz CT molecular complexity index is 521. The van der Waals surface area contributed by atoms with Gasteiger partial charge in [0.25, 0.3) is 0 Å². The molecule has 0 aliphatic rings. The maximum Gasteiger partial charge on any atom is 0.181 e. The number of hydrogen-bond donors (Lipinski definition) is 1. The van der Waals surface area contributed by atoms with Crippen LogP contribution in [0.5, 0.6) is 0 Å². The zero-order chi connectivity index (χ0) is 10.3. The first-order chi connectivity index (χ1) is 6.58. The van der Waals surface area contributed by atoms with Crippen LogP contribution in [0.1, 0.15) is 17.3 Å². The predicted molar refractivity (Wildman–Crippen MR) is 61.7 cm³/mol. The molecular weight excluding hydrogens is 264 g/mol. The van der Waals surface area contributed by atoms with E-state index in [0.717, 1.165) is 14.7 Å². The number of thiazole rings is 1. The van der Waals surface area contributed by atoms with Crippen LogP contribution in [-0.2, 0) is 0 Å². The molecule has 14 heavy (non-hydrogen) atoms. The molecule has 72 valence electrons. The van der Waals surface area contributed by atoms with Crippen molar-refractivity contribution in [3.63, 3.8) is 0 Å². The van der Waals surface area contributed by atoms with E-state index >= 15 is 0 Å². The van der Waals surface area contributed by atoms with Gasteiger partial charge in [-0.2, -0.15) is 0 Å². The van der Waals surface area contributed by atoms with Crippen LogP contribution in [-0.4, -0.2) is 10.8 Å². The summed E-state index contributed by atoms with van der Waals surface area (Å²) < 4.78 is 1.75. The molecule has 0 fully saturated rings. The van der Waals surface area contributed by atoms with Crippen molar-refractivity contribution >= 4 is 48.4 Å². The first-order valence-corrected chi connectivity index (χ1v) is 5.55. The van der Waals surface area contributed by atoms with Crippen LogP contribution < -0.4 is 5.73 Å². The Morgan fingerprint density at radius 2 is 2.29 bits per heavy atom. The molecule has 0 saturated heterocycles. The Hall–Kier alpha value is -0.940. The van der Waals surface area contributed by atoms with Gasteiger partial charge in [-0.3, -0.25) is 4.79 Å². The lowest BCUT2D eigenvalue weighted by Crippen LogP contribution is -1.91. The molecule has 0 spiro atoms. The van der Waals surface area contributed by atoms with Gasteiger partial charge in [-0.05, 0) is 35.0 Å². The molecule has 1 aromatic carbocycles. The Balaban J connectivity index is 2.77. The van der Waals surface area contributed by atoms with E-state index in [1.807, 2.05) is 6.07 Å². The summed E-state index contributed by atoms with van der Waals surface area (Å²) in [4.78, 5) is 15.3. The van der Waals surface area contributed by atoms with Crippen LogP contribution in [0.2, 0.25) is 0 Å². The van der Waals surface area contributed by atoms with Gasteiger partial charge >= 0.3 is 0 Å². The number of carbonyl (C=O) groups excluding carboxylic acids is 1. The molecule has 0 radical (unpaired) electrons. The highest BCUT2D eigenvalue weighted by molar-refractivity contribution is 9.10. The summed E-state index contributed by atoms with van der Waals surface area (Å²) in [6.45, 7) is 1.54. The van der Waals surface area contributed by atoms with Crippen molar-refractivity contribution in [2.24, 2.45) is 0 Å². The molecule has 1 heterocycles. The smallest absolute Gasteiger partial charge is 0.181 e. The molecule has 0 amide bonds. The summed E-state index contributed by atoms with van der Waals surface area (Å²) in [7, 11) is 0. The van der Waals surface area contributed by atoms with Crippen molar-refractivity contribution in [3.05, 3.63) is 22.2 Å². The first kappa shape index (κ1) is 9.61. The average molecular weight is 271 g/mol. The number of carbonyl (C=O) groups is 1. The molecule has 0 aliphatic heterocycles. The van der Waals surface area contributed by atoms with E-state index in [2.05, 4.69) is 20.9 Å². The quantitative estimate of drug-likeness (QED) is 0.811. The number of benzene rings is 1. The molecular formula is C9H7BrN2OS. The van der Waals surface area contributed by atoms with Crippen LogP contribution in [0.15, 0.2) is 16.6 Å². The minimum Gasteiger partial charge on any atom is -0.375 e. The molecule has 1 aromatic heterocycles. The molecule has 0 saturated carbocycles. The monoisotopic (exact) mass is 270 g/mol. The molecule has 2 rings (SSSR count). The molecule has 5 heteroatoms. The molecule has 0 unspecified atom stereocenters. The number of rotatable bonds is 1. The fourth-order valence-electron chi connectivity index (χ4n) is 1.21. The predicted octanol–water partition coefficient (Wildman–Crippen LogP) is 2.84. The highest BCUT2D eigenvalue weighted by Gasteiger charge is 2.09. The second-order valence-electron chi connectivity index (χ2n) is 2.91. The van der Waals surface area contributed by atoms with Gasteiger partial charge in [0.15, 0.2) is 10.9 Å². The Kier molecular flexibility index (Phi) is 2.28. The second kappa shape index (κ2) is 3.33. The highest BCUT2D eigenvalue weighted by Crippen LogP contribution is 2.31. The number of nitrogens with zero attached hydrogens (tertiary/aromatic N) is 1. The maximum atomic E-state index is 11.2. The van der Waals surface area contributed by atoms with E-state index in [9.17, 15) is 4.79 Å². The van der Waals surface area contributed by atoms with Gasteiger partial charge in [-0.15, -0.1) is 0 Å². The summed E-state index contributed by atoms with van der Waals surface area (Å²) in [5.74, 6) is 0.0413. The number of ketones is 1. The average Bonchev–Trinajstić information content (AvgIpc) is 2.45. The number of nitrogen functional groups attached to an aromatic ring is 1. The van der Waals surface area contributed by atoms with E-state index < -0.39 is 0 Å². The number of anilines is 1. The third kappa shape index (κ3) is 1.53. The summed E-state index contributed by atoms with van der Waals surface area (Å²) in [5.41, 5.74) is 7.08. The Labute approximate surface area is 93.1 Å². The largest absolute Gasteiger partial charge is 0.375 e. The van der Waals surface area contributed by atoms with Crippen LogP contribution >= 0.6 is 27.3 Å². The summed E-state index contributed by atoms with van der Waals surface area (Å²) in [6, 6.07) is 3.58. The van der Waals surface area contributed by atoms with E-state index in [-0.39, 0.29) is 5.78 Å². The summed E-state index contributed by atoms with van der Waals surface area (Å²) in [6.07, 6.45) is 0. The number of Topliss-reactive ketones (excluding diaryl/α,β-unsaturated/α-hetero) is 1. The Morgan fingerprint density at radius 3 is 2.93 bits per heavy atom. The number of halogens is 1. The van der Waals surface area contributed by atoms with E-state index in [1.54, 1.807) is 6.07 Å². The van der Waals surface area contributed by atoms with Crippen LogP contribution in [0, 0.1) is 0 Å². The van der Waals surface area contributed by atoms with Gasteiger partial charge in [0.2, 0.25) is 0 Å². The van der Waals surface area contributed by atoms with Crippen molar-refractivity contribution in [3.8, 4) is 0 Å². The van der Waals surface area contributed by atoms with Gasteiger partial charge in [0, 0.05) is 10.0 Å². The number of nitrogens with two attached hydrogens (primary N) is 1. The van der Waals surface area contributed by atoms with E-state index in [4.69, 9.17) is 5.73 Å². The molecule has 0 atom stereocenters. The summed E-state index contributed by atoms with van der Waals surface area (Å²) >= 11 is 4.75. The van der Waals surface area contributed by atoms with Crippen molar-refractivity contribution < 1.29 is 4.79 Å². The fourth-order valence-corrected chi connectivity index (χ4v) is 2.69. The van der Waals surface area contributed by atoms with Gasteiger partial charge < -0.3 is 5.73 Å². The van der Waals surface area contributed by atoms with Gasteiger partial charge in [-0.1, -0.05) is 11.3 Å². The molecule has 3 nitrogen and oxygen atoms in total. The molecule has 0 aliphatic carbocycles. The van der Waals surface area contributed by atoms with Crippen molar-refractivity contribution in [1.82, 2.24) is 4.98 Å². The van der Waals surface area contributed by atoms with Gasteiger partial charge in [0.1, 0.15) is 0 Å². The third-order valence-corrected chi connectivity index (χ3v) is 3.31.